The summed E-state index contributed by atoms with van der Waals surface area (Å²) in [6.45, 7) is 3.97. The number of carbonyl (C=O) groups is 1. The first-order chi connectivity index (χ1) is 10.2. The number of fused-ring (bicyclic) bond motifs is 1. The third-order valence-electron chi connectivity index (χ3n) is 4.36. The highest BCUT2D eigenvalue weighted by Crippen LogP contribution is 2.43. The van der Waals surface area contributed by atoms with Gasteiger partial charge >= 0.3 is 5.97 Å². The largest absolute Gasteiger partial charge is 0.481 e. The predicted octanol–water partition coefficient (Wildman–Crippen LogP) is 2.69. The van der Waals surface area contributed by atoms with Crippen molar-refractivity contribution in [3.8, 4) is 0 Å². The van der Waals surface area contributed by atoms with Crippen LogP contribution in [0.15, 0.2) is 0 Å². The molecule has 0 aromatic carbocycles. The van der Waals surface area contributed by atoms with Gasteiger partial charge in [0.15, 0.2) is 0 Å². The fraction of sp³-hybridized carbons (Fsp3) is 0.733. The van der Waals surface area contributed by atoms with E-state index >= 15 is 0 Å². The van der Waals surface area contributed by atoms with Gasteiger partial charge in [0.25, 0.3) is 0 Å². The van der Waals surface area contributed by atoms with Crippen molar-refractivity contribution in [3.05, 3.63) is 15.6 Å². The van der Waals surface area contributed by atoms with Crippen molar-refractivity contribution in [2.45, 2.75) is 50.5 Å². The highest BCUT2D eigenvalue weighted by atomic mass is 32.1. The number of aromatic nitrogens is 1. The lowest BCUT2D eigenvalue weighted by Crippen LogP contribution is -2.36. The van der Waals surface area contributed by atoms with Gasteiger partial charge < -0.3 is 14.6 Å². The van der Waals surface area contributed by atoms with Crippen LogP contribution in [0, 0.1) is 0 Å². The quantitative estimate of drug-likeness (QED) is 0.926. The molecule has 1 N–H and O–H groups in total. The van der Waals surface area contributed by atoms with Crippen LogP contribution >= 0.6 is 11.3 Å². The van der Waals surface area contributed by atoms with E-state index in [1.54, 1.807) is 11.3 Å². The topological polar surface area (TPSA) is 68.7 Å². The summed E-state index contributed by atoms with van der Waals surface area (Å²) < 4.78 is 11.5. The van der Waals surface area contributed by atoms with Crippen molar-refractivity contribution >= 4 is 17.3 Å². The van der Waals surface area contributed by atoms with E-state index in [0.717, 1.165) is 41.3 Å². The van der Waals surface area contributed by atoms with E-state index in [4.69, 9.17) is 14.5 Å². The minimum atomic E-state index is -0.759. The first-order valence-electron chi connectivity index (χ1n) is 7.61. The van der Waals surface area contributed by atoms with Gasteiger partial charge in [0.2, 0.25) is 0 Å². The third kappa shape index (κ3) is 2.72. The Labute approximate surface area is 128 Å². The van der Waals surface area contributed by atoms with Gasteiger partial charge in [0.1, 0.15) is 10.6 Å². The van der Waals surface area contributed by atoms with E-state index in [0.29, 0.717) is 26.2 Å². The molecule has 5 nitrogen and oxygen atoms in total. The van der Waals surface area contributed by atoms with Crippen molar-refractivity contribution < 1.29 is 19.4 Å². The predicted molar refractivity (Wildman–Crippen MR) is 78.8 cm³/mol. The fourth-order valence-corrected chi connectivity index (χ4v) is 4.62. The van der Waals surface area contributed by atoms with Gasteiger partial charge in [0.05, 0.1) is 11.6 Å². The minimum absolute atomic E-state index is 0.377. The summed E-state index contributed by atoms with van der Waals surface area (Å²) in [7, 11) is 0. The van der Waals surface area contributed by atoms with E-state index in [1.165, 1.54) is 0 Å². The summed E-state index contributed by atoms with van der Waals surface area (Å²) in [5, 5.41) is 10.3. The molecule has 1 aromatic heterocycles. The van der Waals surface area contributed by atoms with Crippen LogP contribution in [0.1, 0.15) is 54.1 Å². The van der Waals surface area contributed by atoms with E-state index in [-0.39, 0.29) is 5.60 Å². The lowest BCUT2D eigenvalue weighted by molar-refractivity contribution is -0.139. The smallest absolute Gasteiger partial charge is 0.312 e. The average molecular weight is 311 g/mol. The van der Waals surface area contributed by atoms with Crippen LogP contribution in [0.5, 0.6) is 0 Å². The van der Waals surface area contributed by atoms with Crippen LogP contribution in [0.25, 0.3) is 0 Å². The molecule has 21 heavy (non-hydrogen) atoms. The van der Waals surface area contributed by atoms with Gasteiger partial charge in [-0.3, -0.25) is 4.79 Å². The molecule has 1 unspecified atom stereocenters. The zero-order valence-corrected chi connectivity index (χ0v) is 13.1. The average Bonchev–Trinajstić information content (AvgIpc) is 2.92. The van der Waals surface area contributed by atoms with Crippen LogP contribution in [0.3, 0.4) is 0 Å². The lowest BCUT2D eigenvalue weighted by Gasteiger charge is -2.35. The van der Waals surface area contributed by atoms with Gasteiger partial charge in [0, 0.05) is 37.5 Å². The molecule has 1 aliphatic heterocycles. The zero-order valence-electron chi connectivity index (χ0n) is 12.3. The molecule has 2 aliphatic rings. The van der Waals surface area contributed by atoms with Gasteiger partial charge in [-0.15, -0.1) is 11.3 Å². The van der Waals surface area contributed by atoms with Gasteiger partial charge in [-0.25, -0.2) is 4.98 Å². The number of nitrogens with zero attached hydrogens (tertiary/aromatic N) is 1. The summed E-state index contributed by atoms with van der Waals surface area (Å²) in [5.41, 5.74) is 0.400. The molecular formula is C15H21NO4S. The molecule has 116 valence electrons. The second-order valence-electron chi connectivity index (χ2n) is 5.65. The van der Waals surface area contributed by atoms with Gasteiger partial charge in [-0.05, 0) is 26.2 Å². The maximum absolute atomic E-state index is 11.4. The molecule has 0 spiro atoms. The molecule has 0 amide bonds. The van der Waals surface area contributed by atoms with Crippen LogP contribution in [-0.2, 0) is 26.3 Å². The lowest BCUT2D eigenvalue weighted by atomic mass is 9.90. The van der Waals surface area contributed by atoms with Crippen LogP contribution in [0.2, 0.25) is 0 Å². The summed E-state index contributed by atoms with van der Waals surface area (Å²) in [6, 6.07) is 0. The Morgan fingerprint density at radius 3 is 2.95 bits per heavy atom. The molecule has 2 heterocycles. The summed E-state index contributed by atoms with van der Waals surface area (Å²) >= 11 is 1.65. The Balaban J connectivity index is 1.96. The Bertz CT molecular complexity index is 516. The van der Waals surface area contributed by atoms with E-state index in [2.05, 4.69) is 0 Å². The SMILES string of the molecule is CCOC1(c2nc3c(s2)CCCC3C(=O)O)CCOCC1. The second kappa shape index (κ2) is 6.02. The standard InChI is InChI=1S/C15H21NO4S/c1-2-20-15(6-8-19-9-7-15)14-16-12-10(13(17)18)4-3-5-11(12)21-14/h10H,2-9H2,1H3,(H,17,18). The first-order valence-corrected chi connectivity index (χ1v) is 8.42. The summed E-state index contributed by atoms with van der Waals surface area (Å²) in [5.74, 6) is -1.21. The molecule has 0 radical (unpaired) electrons. The minimum Gasteiger partial charge on any atom is -0.481 e. The van der Waals surface area contributed by atoms with Crippen LogP contribution < -0.4 is 0 Å². The zero-order chi connectivity index (χ0) is 14.9. The number of thiazole rings is 1. The Morgan fingerprint density at radius 2 is 2.29 bits per heavy atom. The van der Waals surface area contributed by atoms with Gasteiger partial charge in [-0.1, -0.05) is 0 Å². The monoisotopic (exact) mass is 311 g/mol. The number of carboxylic acids is 1. The molecule has 1 atom stereocenters. The van der Waals surface area contributed by atoms with Crippen molar-refractivity contribution in [2.24, 2.45) is 0 Å². The number of ether oxygens (including phenoxy) is 2. The molecule has 6 heteroatoms. The van der Waals surface area contributed by atoms with Crippen molar-refractivity contribution in [1.29, 1.82) is 0 Å². The molecule has 1 saturated heterocycles. The maximum atomic E-state index is 11.4. The number of carboxylic acid groups (broad SMARTS) is 1. The van der Waals surface area contributed by atoms with E-state index in [1.807, 2.05) is 6.92 Å². The van der Waals surface area contributed by atoms with Crippen molar-refractivity contribution in [1.82, 2.24) is 4.98 Å². The normalized spacial score (nSPS) is 24.5. The van der Waals surface area contributed by atoms with Crippen LogP contribution in [0.4, 0.5) is 0 Å². The number of aliphatic carboxylic acids is 1. The Morgan fingerprint density at radius 1 is 1.52 bits per heavy atom. The van der Waals surface area contributed by atoms with Crippen molar-refractivity contribution in [2.75, 3.05) is 19.8 Å². The van der Waals surface area contributed by atoms with Crippen molar-refractivity contribution in [3.63, 3.8) is 0 Å². The van der Waals surface area contributed by atoms with Gasteiger partial charge in [-0.2, -0.15) is 0 Å². The van der Waals surface area contributed by atoms with E-state index < -0.39 is 11.9 Å². The number of hydrogen-bond donors (Lipinski definition) is 1. The third-order valence-corrected chi connectivity index (χ3v) is 5.68. The molecule has 1 aliphatic carbocycles. The number of rotatable bonds is 4. The first kappa shape index (κ1) is 14.9. The molecule has 0 bridgehead atoms. The summed E-state index contributed by atoms with van der Waals surface area (Å²) in [6.07, 6.45) is 4.15. The molecule has 1 aromatic rings. The molecule has 0 saturated carbocycles. The maximum Gasteiger partial charge on any atom is 0.312 e. The summed E-state index contributed by atoms with van der Waals surface area (Å²) in [4.78, 5) is 17.3. The second-order valence-corrected chi connectivity index (χ2v) is 6.73. The fourth-order valence-electron chi connectivity index (χ4n) is 3.25. The Kier molecular flexibility index (Phi) is 4.28. The Hall–Kier alpha value is -0.980. The van der Waals surface area contributed by atoms with Crippen LogP contribution in [-0.4, -0.2) is 35.9 Å². The molecular weight excluding hydrogens is 290 g/mol. The molecule has 3 rings (SSSR count). The highest BCUT2D eigenvalue weighted by molar-refractivity contribution is 7.11. The van der Waals surface area contributed by atoms with E-state index in [9.17, 15) is 9.90 Å². The highest BCUT2D eigenvalue weighted by Gasteiger charge is 2.40. The molecule has 1 fully saturated rings. The number of hydrogen-bond acceptors (Lipinski definition) is 5. The number of aryl methyl sites for hydroxylation is 1.